The first-order valence-electron chi connectivity index (χ1n) is 0.908. The van der Waals surface area contributed by atoms with Crippen LogP contribution in [0.5, 0.6) is 0 Å². The van der Waals surface area contributed by atoms with Crippen molar-refractivity contribution in [3.8, 4) is 0 Å². The molecule has 38 valence electrons. The van der Waals surface area contributed by atoms with Crippen molar-refractivity contribution in [3.63, 3.8) is 0 Å². The monoisotopic (exact) mass is 229 g/mol. The summed E-state index contributed by atoms with van der Waals surface area (Å²) in [6, 6.07) is 0. The fraction of sp³-hybridized carbons (Fsp3) is 0.500. The van der Waals surface area contributed by atoms with Crippen LogP contribution in [0.2, 0.25) is 0 Å². The maximum atomic E-state index is 8.89. The van der Waals surface area contributed by atoms with E-state index in [1.807, 2.05) is 0 Å². The van der Waals surface area contributed by atoms with Gasteiger partial charge in [-0.1, -0.05) is 0 Å². The molecule has 3 nitrogen and oxygen atoms in total. The topological polar surface area (TPSA) is 71.6 Å². The number of carbonyl (C=O) groups excluding carboxylic acids is 1. The number of aliphatic carboxylic acids is 1. The number of rotatable bonds is 0. The third-order valence-electron chi connectivity index (χ3n) is 0. The summed E-state index contributed by atoms with van der Waals surface area (Å²) in [6.45, 7) is 0.972. The Kier molecular flexibility index (Phi) is 24.4. The van der Waals surface area contributed by atoms with Gasteiger partial charge in [-0.2, -0.15) is 0 Å². The van der Waals surface area contributed by atoms with E-state index in [9.17, 15) is 0 Å². The molecule has 0 aromatic carbocycles. The van der Waals surface area contributed by atoms with Crippen LogP contribution in [0.15, 0.2) is 0 Å². The maximum Gasteiger partial charge on any atom is 0.0383 e. The Labute approximate surface area is 68.1 Å². The van der Waals surface area contributed by atoms with E-state index < -0.39 is 5.97 Å². The minimum Gasteiger partial charge on any atom is -0.550 e. The number of carboxylic acids is 1. The summed E-state index contributed by atoms with van der Waals surface area (Å²) in [5.41, 5.74) is 0. The summed E-state index contributed by atoms with van der Waals surface area (Å²) in [5, 5.41) is 8.89. The first-order valence-corrected chi connectivity index (χ1v) is 0.908. The minimum absolute atomic E-state index is 0. The van der Waals surface area contributed by atoms with Crippen molar-refractivity contribution in [3.05, 3.63) is 0 Å². The van der Waals surface area contributed by atoms with E-state index in [0.717, 1.165) is 6.92 Å². The van der Waals surface area contributed by atoms with Gasteiger partial charge in [0.15, 0.2) is 0 Å². The SMILES string of the molecule is CC(=O)[O-].O.[Sm]. The van der Waals surface area contributed by atoms with Crippen LogP contribution in [0.3, 0.4) is 0 Å². The molecule has 0 aromatic heterocycles. The molecule has 0 saturated heterocycles. The molecule has 0 atom stereocenters. The van der Waals surface area contributed by atoms with Crippen LogP contribution in [0.4, 0.5) is 0 Å². The molecule has 0 bridgehead atoms. The standard InChI is InChI=1S/C2H4O2.H2O.Sm/c1-2(3)4;;/h1H3,(H,3,4);1H2;/p-1. The van der Waals surface area contributed by atoms with Gasteiger partial charge in [-0.3, -0.25) is 0 Å². The van der Waals surface area contributed by atoms with Crippen LogP contribution in [0.1, 0.15) is 6.92 Å². The summed E-state index contributed by atoms with van der Waals surface area (Å²) in [6.07, 6.45) is 0. The second-order valence-corrected chi connectivity index (χ2v) is 0.492. The number of hydrogen-bond acceptors (Lipinski definition) is 2. The normalized spacial score (nSPS) is 4.17. The molecular weight excluding hydrogens is 222 g/mol. The van der Waals surface area contributed by atoms with Crippen LogP contribution in [0.25, 0.3) is 0 Å². The van der Waals surface area contributed by atoms with Crippen LogP contribution >= 0.6 is 0 Å². The average molecular weight is 227 g/mol. The minimum atomic E-state index is -1.08. The molecule has 0 spiro atoms. The Hall–Kier alpha value is 0.768. The van der Waals surface area contributed by atoms with Gasteiger partial charge in [-0.05, 0) is 6.92 Å². The van der Waals surface area contributed by atoms with E-state index in [0.29, 0.717) is 0 Å². The smallest absolute Gasteiger partial charge is 0.0383 e. The molecule has 0 aliphatic carbocycles. The predicted octanol–water partition coefficient (Wildman–Crippen LogP) is -2.07. The van der Waals surface area contributed by atoms with Crippen LogP contribution in [0, 0.1) is 40.4 Å². The molecule has 6 heavy (non-hydrogen) atoms. The quantitative estimate of drug-likeness (QED) is 0.477. The molecule has 0 heterocycles. The fourth-order valence-electron chi connectivity index (χ4n) is 0. The van der Waals surface area contributed by atoms with E-state index in [4.69, 9.17) is 9.90 Å². The molecule has 0 amide bonds. The summed E-state index contributed by atoms with van der Waals surface area (Å²) < 4.78 is 0. The van der Waals surface area contributed by atoms with E-state index in [1.54, 1.807) is 0 Å². The van der Waals surface area contributed by atoms with E-state index in [-0.39, 0.29) is 45.9 Å². The molecule has 0 saturated carbocycles. The van der Waals surface area contributed by atoms with E-state index in [2.05, 4.69) is 0 Å². The van der Waals surface area contributed by atoms with E-state index >= 15 is 0 Å². The van der Waals surface area contributed by atoms with Gasteiger partial charge >= 0.3 is 0 Å². The zero-order chi connectivity index (χ0) is 3.58. The van der Waals surface area contributed by atoms with Crippen molar-refractivity contribution in [2.75, 3.05) is 0 Å². The van der Waals surface area contributed by atoms with Crippen LogP contribution in [-0.4, -0.2) is 11.4 Å². The Morgan fingerprint density at radius 1 is 1.67 bits per heavy atom. The molecule has 0 radical (unpaired) electrons. The number of hydrogen-bond donors (Lipinski definition) is 0. The molecule has 0 unspecified atom stereocenters. The van der Waals surface area contributed by atoms with Gasteiger partial charge in [0.05, 0.1) is 0 Å². The molecule has 0 fully saturated rings. The van der Waals surface area contributed by atoms with Gasteiger partial charge in [-0.25, -0.2) is 0 Å². The summed E-state index contributed by atoms with van der Waals surface area (Å²) in [4.78, 5) is 8.89. The number of carbonyl (C=O) groups is 1. The molecular formula is C2H5O3Sm-. The Morgan fingerprint density at radius 2 is 1.67 bits per heavy atom. The van der Waals surface area contributed by atoms with Gasteiger partial charge < -0.3 is 15.4 Å². The molecule has 0 aromatic rings. The summed E-state index contributed by atoms with van der Waals surface area (Å²) in [5.74, 6) is -1.08. The fourth-order valence-corrected chi connectivity index (χ4v) is 0. The molecule has 0 aliphatic heterocycles. The van der Waals surface area contributed by atoms with Gasteiger partial charge in [0.25, 0.3) is 0 Å². The largest absolute Gasteiger partial charge is 0.550 e. The van der Waals surface area contributed by atoms with Gasteiger partial charge in [-0.15, -0.1) is 0 Å². The Bertz CT molecular complexity index is 31.8. The van der Waals surface area contributed by atoms with Crippen molar-refractivity contribution in [1.82, 2.24) is 0 Å². The second kappa shape index (κ2) is 9.24. The van der Waals surface area contributed by atoms with E-state index in [1.165, 1.54) is 0 Å². The van der Waals surface area contributed by atoms with Crippen molar-refractivity contribution in [1.29, 1.82) is 0 Å². The maximum absolute atomic E-state index is 8.89. The van der Waals surface area contributed by atoms with Crippen LogP contribution in [-0.2, 0) is 4.79 Å². The van der Waals surface area contributed by atoms with Crippen LogP contribution < -0.4 is 5.11 Å². The predicted molar refractivity (Wildman–Crippen MR) is 14.3 cm³/mol. The van der Waals surface area contributed by atoms with Gasteiger partial charge in [0.1, 0.15) is 0 Å². The summed E-state index contributed by atoms with van der Waals surface area (Å²) in [7, 11) is 0. The van der Waals surface area contributed by atoms with Crippen molar-refractivity contribution < 1.29 is 55.8 Å². The molecule has 4 heteroatoms. The third-order valence-corrected chi connectivity index (χ3v) is 0. The van der Waals surface area contributed by atoms with Crippen molar-refractivity contribution >= 4 is 5.97 Å². The first kappa shape index (κ1) is 15.9. The van der Waals surface area contributed by atoms with Crippen molar-refractivity contribution in [2.24, 2.45) is 0 Å². The first-order chi connectivity index (χ1) is 1.73. The summed E-state index contributed by atoms with van der Waals surface area (Å²) >= 11 is 0. The third kappa shape index (κ3) is 115. The molecule has 2 N–H and O–H groups in total. The second-order valence-electron chi connectivity index (χ2n) is 0.492. The average Bonchev–Trinajstić information content (AvgIpc) is 0.811. The Balaban J connectivity index is -0.0000000450. The molecule has 0 aliphatic rings. The van der Waals surface area contributed by atoms with Crippen molar-refractivity contribution in [2.45, 2.75) is 6.92 Å². The zero-order valence-corrected chi connectivity index (χ0v) is 5.84. The van der Waals surface area contributed by atoms with Gasteiger partial charge in [0, 0.05) is 46.4 Å². The van der Waals surface area contributed by atoms with Gasteiger partial charge in [0.2, 0.25) is 0 Å². The Morgan fingerprint density at radius 3 is 1.67 bits per heavy atom. The molecule has 0 rings (SSSR count). The zero-order valence-electron chi connectivity index (χ0n) is 3.22. The number of carboxylic acid groups (broad SMARTS) is 1.